The third-order valence-corrected chi connectivity index (χ3v) is 9.98. The SMILES string of the molecule is Fc1c(F)c(F)c(-c2cc3c(s2)-c2ccc4c5c(ccc-3c25)-c2cc(-c3c(F)c(F)c(F)c(F)c3F)sc2-4)c(F)c1F. The highest BCUT2D eigenvalue weighted by Crippen LogP contribution is 2.61. The normalized spacial score (nSPS) is 12.5. The fourth-order valence-corrected chi connectivity index (χ4v) is 8.27. The average molecular weight is 620 g/mol. The molecule has 0 spiro atoms. The van der Waals surface area contributed by atoms with Crippen LogP contribution in [0.5, 0.6) is 0 Å². The fourth-order valence-electron chi connectivity index (χ4n) is 5.79. The molecule has 0 saturated carbocycles. The number of fused-ring (bicyclic) bond motifs is 6. The van der Waals surface area contributed by atoms with Crippen molar-refractivity contribution in [1.29, 1.82) is 0 Å². The monoisotopic (exact) mass is 620 g/mol. The van der Waals surface area contributed by atoms with Gasteiger partial charge >= 0.3 is 0 Å². The van der Waals surface area contributed by atoms with Gasteiger partial charge in [-0.15, -0.1) is 22.7 Å². The van der Waals surface area contributed by atoms with E-state index < -0.39 is 69.3 Å². The first-order valence-corrected chi connectivity index (χ1v) is 13.6. The Morgan fingerprint density at radius 3 is 0.952 bits per heavy atom. The lowest BCUT2D eigenvalue weighted by Crippen LogP contribution is -2.03. The van der Waals surface area contributed by atoms with Crippen molar-refractivity contribution >= 4 is 33.4 Å². The van der Waals surface area contributed by atoms with Crippen LogP contribution in [0.1, 0.15) is 0 Å². The van der Waals surface area contributed by atoms with Crippen LogP contribution in [0.4, 0.5) is 43.9 Å². The molecule has 208 valence electrons. The predicted molar refractivity (Wildman–Crippen MR) is 139 cm³/mol. The molecule has 0 saturated heterocycles. The molecule has 0 fully saturated rings. The third-order valence-electron chi connectivity index (χ3n) is 7.61. The quantitative estimate of drug-likeness (QED) is 0.103. The summed E-state index contributed by atoms with van der Waals surface area (Å²) in [6.45, 7) is 0. The van der Waals surface area contributed by atoms with Crippen LogP contribution in [-0.2, 0) is 0 Å². The van der Waals surface area contributed by atoms with Gasteiger partial charge in [-0.3, -0.25) is 0 Å². The summed E-state index contributed by atoms with van der Waals surface area (Å²) in [6, 6.07) is 9.50. The first-order valence-electron chi connectivity index (χ1n) is 11.9. The van der Waals surface area contributed by atoms with Crippen molar-refractivity contribution in [2.75, 3.05) is 0 Å². The Bertz CT molecular complexity index is 1960. The zero-order valence-electron chi connectivity index (χ0n) is 20.1. The summed E-state index contributed by atoms with van der Waals surface area (Å²) in [5.41, 5.74) is 1.58. The van der Waals surface area contributed by atoms with Gasteiger partial charge in [0.1, 0.15) is 0 Å². The molecule has 0 atom stereocenters. The molecule has 2 heterocycles. The van der Waals surface area contributed by atoms with E-state index >= 15 is 0 Å². The second-order valence-electron chi connectivity index (χ2n) is 9.67. The molecule has 0 amide bonds. The lowest BCUT2D eigenvalue weighted by atomic mass is 9.97. The molecule has 42 heavy (non-hydrogen) atoms. The Balaban J connectivity index is 1.29. The van der Waals surface area contributed by atoms with Crippen molar-refractivity contribution in [1.82, 2.24) is 0 Å². The first-order chi connectivity index (χ1) is 20.0. The van der Waals surface area contributed by atoms with Gasteiger partial charge in [-0.2, -0.15) is 0 Å². The lowest BCUT2D eigenvalue weighted by Gasteiger charge is -2.09. The highest BCUT2D eigenvalue weighted by molar-refractivity contribution is 7.20. The number of rotatable bonds is 2. The summed E-state index contributed by atoms with van der Waals surface area (Å²) >= 11 is 1.73. The number of halogens is 10. The Hall–Kier alpha value is -4.16. The van der Waals surface area contributed by atoms with E-state index in [1.165, 1.54) is 12.1 Å². The number of hydrogen-bond acceptors (Lipinski definition) is 2. The lowest BCUT2D eigenvalue weighted by molar-refractivity contribution is 0.381. The summed E-state index contributed by atoms with van der Waals surface area (Å²) < 4.78 is 141. The predicted octanol–water partition coefficient (Wildman–Crippen LogP) is 11.0. The van der Waals surface area contributed by atoms with Gasteiger partial charge < -0.3 is 0 Å². The van der Waals surface area contributed by atoms with Crippen LogP contribution >= 0.6 is 22.7 Å². The summed E-state index contributed by atoms with van der Waals surface area (Å²) in [6.07, 6.45) is 0. The van der Waals surface area contributed by atoms with Gasteiger partial charge in [0.2, 0.25) is 11.6 Å². The molecule has 0 nitrogen and oxygen atoms in total. The van der Waals surface area contributed by atoms with Gasteiger partial charge in [0.25, 0.3) is 0 Å². The summed E-state index contributed by atoms with van der Waals surface area (Å²) in [5, 5.41) is 1.49. The van der Waals surface area contributed by atoms with E-state index in [2.05, 4.69) is 0 Å². The van der Waals surface area contributed by atoms with Crippen molar-refractivity contribution < 1.29 is 43.9 Å². The average Bonchev–Trinajstić information content (AvgIpc) is 3.73. The Morgan fingerprint density at radius 1 is 0.333 bits per heavy atom. The van der Waals surface area contributed by atoms with E-state index in [0.717, 1.165) is 33.4 Å². The molecule has 0 unspecified atom stereocenters. The molecule has 8 rings (SSSR count). The van der Waals surface area contributed by atoms with E-state index in [0.29, 0.717) is 43.1 Å². The van der Waals surface area contributed by atoms with E-state index in [4.69, 9.17) is 0 Å². The van der Waals surface area contributed by atoms with Gasteiger partial charge in [-0.1, -0.05) is 24.3 Å². The van der Waals surface area contributed by atoms with Gasteiger partial charge in [0.05, 0.1) is 11.1 Å². The van der Waals surface area contributed by atoms with Gasteiger partial charge in [0, 0.05) is 41.8 Å². The molecule has 2 aliphatic rings. The zero-order chi connectivity index (χ0) is 29.5. The Labute approximate surface area is 235 Å². The van der Waals surface area contributed by atoms with Gasteiger partial charge in [-0.05, 0) is 34.0 Å². The third kappa shape index (κ3) is 2.93. The zero-order valence-corrected chi connectivity index (χ0v) is 21.7. The molecule has 0 N–H and O–H groups in total. The van der Waals surface area contributed by atoms with E-state index in [1.807, 2.05) is 0 Å². The minimum atomic E-state index is -2.25. The van der Waals surface area contributed by atoms with Crippen LogP contribution in [-0.4, -0.2) is 0 Å². The van der Waals surface area contributed by atoms with E-state index in [-0.39, 0.29) is 9.75 Å². The van der Waals surface area contributed by atoms with E-state index in [1.54, 1.807) is 24.3 Å². The van der Waals surface area contributed by atoms with Gasteiger partial charge in [0.15, 0.2) is 46.5 Å². The maximum atomic E-state index is 14.6. The van der Waals surface area contributed by atoms with Crippen molar-refractivity contribution in [3.8, 4) is 64.0 Å². The van der Waals surface area contributed by atoms with Crippen LogP contribution in [0, 0.1) is 58.2 Å². The highest BCUT2D eigenvalue weighted by Gasteiger charge is 2.35. The minimum absolute atomic E-state index is 0.152. The second kappa shape index (κ2) is 8.23. The molecule has 4 aromatic carbocycles. The molecule has 12 heteroatoms. The summed E-state index contributed by atoms with van der Waals surface area (Å²) in [5.74, 6) is -20.4. The summed E-state index contributed by atoms with van der Waals surface area (Å²) in [4.78, 5) is 0.789. The highest BCUT2D eigenvalue weighted by atomic mass is 32.1. The van der Waals surface area contributed by atoms with E-state index in [9.17, 15) is 43.9 Å². The van der Waals surface area contributed by atoms with Crippen molar-refractivity contribution in [2.45, 2.75) is 0 Å². The van der Waals surface area contributed by atoms with Crippen LogP contribution in [0.2, 0.25) is 0 Å². The summed E-state index contributed by atoms with van der Waals surface area (Å²) in [7, 11) is 0. The Morgan fingerprint density at radius 2 is 0.619 bits per heavy atom. The number of hydrogen-bond donors (Lipinski definition) is 0. The smallest absolute Gasteiger partial charge is 0.200 e. The molecule has 6 aromatic rings. The second-order valence-corrected chi connectivity index (χ2v) is 11.8. The number of benzene rings is 4. The Kier molecular flexibility index (Phi) is 5.00. The molecule has 0 radical (unpaired) electrons. The fraction of sp³-hybridized carbons (Fsp3) is 0. The van der Waals surface area contributed by atoms with Crippen molar-refractivity contribution in [3.05, 3.63) is 94.6 Å². The minimum Gasteiger partial charge on any atom is -0.203 e. The molecule has 0 bridgehead atoms. The maximum Gasteiger partial charge on any atom is 0.200 e. The topological polar surface area (TPSA) is 0 Å². The molecule has 2 aliphatic carbocycles. The standard InChI is InChI=1S/C30H6F10S2/c31-19-17(20(32)24(36)27(39)23(19)35)13-5-11-7-1-2-8-12-6-14(18-21(33)25(37)28(40)26(38)22(18)34)42-30(12)10-4-3-9(29(11)41-13)15(7)16(8)10/h1-6H. The first kappa shape index (κ1) is 25.5. The van der Waals surface area contributed by atoms with Crippen molar-refractivity contribution in [2.24, 2.45) is 0 Å². The molecular formula is C30H6F10S2. The van der Waals surface area contributed by atoms with Crippen LogP contribution in [0.15, 0.2) is 36.4 Å². The molecule has 0 aliphatic heterocycles. The largest absolute Gasteiger partial charge is 0.203 e. The van der Waals surface area contributed by atoms with Crippen LogP contribution in [0.25, 0.3) is 74.8 Å². The van der Waals surface area contributed by atoms with Crippen molar-refractivity contribution in [3.63, 3.8) is 0 Å². The van der Waals surface area contributed by atoms with Crippen LogP contribution < -0.4 is 0 Å². The van der Waals surface area contributed by atoms with Crippen LogP contribution in [0.3, 0.4) is 0 Å². The number of thiophene rings is 2. The maximum absolute atomic E-state index is 14.6. The molecular weight excluding hydrogens is 614 g/mol. The van der Waals surface area contributed by atoms with Gasteiger partial charge in [-0.25, -0.2) is 43.9 Å². The molecule has 2 aromatic heterocycles.